The fourth-order valence-corrected chi connectivity index (χ4v) is 3.14. The lowest BCUT2D eigenvalue weighted by Crippen LogP contribution is -2.38. The Kier molecular flexibility index (Phi) is 3.79. The number of carbonyl (C=O) groups is 1. The van der Waals surface area contributed by atoms with Gasteiger partial charge in [-0.2, -0.15) is 0 Å². The zero-order valence-corrected chi connectivity index (χ0v) is 11.8. The summed E-state index contributed by atoms with van der Waals surface area (Å²) < 4.78 is 15.1. The number of fused-ring (bicyclic) bond motifs is 1. The van der Waals surface area contributed by atoms with Crippen molar-refractivity contribution in [3.05, 3.63) is 40.6 Å². The summed E-state index contributed by atoms with van der Waals surface area (Å²) in [5, 5.41) is 11.2. The van der Waals surface area contributed by atoms with E-state index in [0.717, 1.165) is 6.20 Å². The summed E-state index contributed by atoms with van der Waals surface area (Å²) in [6.07, 6.45) is 2.74. The summed E-state index contributed by atoms with van der Waals surface area (Å²) in [6, 6.07) is 4.20. The quantitative estimate of drug-likeness (QED) is 0.891. The van der Waals surface area contributed by atoms with Gasteiger partial charge >= 0.3 is 6.09 Å². The minimum atomic E-state index is -1.03. The van der Waals surface area contributed by atoms with E-state index in [2.05, 4.69) is 10.3 Å². The van der Waals surface area contributed by atoms with Crippen LogP contribution in [-0.2, 0) is 0 Å². The highest BCUT2D eigenvalue weighted by molar-refractivity contribution is 5.74. The van der Waals surface area contributed by atoms with Gasteiger partial charge in [-0.25, -0.2) is 9.18 Å². The molecule has 0 radical (unpaired) electrons. The normalized spacial score (nSPS) is 21.7. The molecule has 0 spiro atoms. The Hall–Kier alpha value is -2.44. The van der Waals surface area contributed by atoms with Gasteiger partial charge in [0, 0.05) is 24.2 Å². The Morgan fingerprint density at radius 1 is 1.32 bits per heavy atom. The highest BCUT2D eigenvalue weighted by Crippen LogP contribution is 2.29. The molecule has 0 saturated heterocycles. The highest BCUT2D eigenvalue weighted by atomic mass is 19.1. The number of rotatable bonds is 2. The van der Waals surface area contributed by atoms with Crippen molar-refractivity contribution in [3.8, 4) is 0 Å². The third-order valence-corrected chi connectivity index (χ3v) is 4.13. The van der Waals surface area contributed by atoms with Crippen LogP contribution >= 0.6 is 0 Å². The predicted octanol–water partition coefficient (Wildman–Crippen LogP) is 2.29. The molecule has 1 saturated carbocycles. The number of pyridine rings is 2. The Morgan fingerprint density at radius 2 is 2.05 bits per heavy atom. The van der Waals surface area contributed by atoms with Gasteiger partial charge in [0.1, 0.15) is 5.82 Å². The summed E-state index contributed by atoms with van der Waals surface area (Å²) in [4.78, 5) is 26.9. The SMILES string of the molecule is O=C(O)N[C@H]1CC[C@H](n2c(=O)ccc3ncc(F)cc32)CC1. The molecule has 116 valence electrons. The van der Waals surface area contributed by atoms with E-state index in [4.69, 9.17) is 5.11 Å². The smallest absolute Gasteiger partial charge is 0.404 e. The van der Waals surface area contributed by atoms with Gasteiger partial charge in [0.2, 0.25) is 0 Å². The maximum absolute atomic E-state index is 13.5. The van der Waals surface area contributed by atoms with E-state index in [-0.39, 0.29) is 17.6 Å². The molecular weight excluding hydrogens is 289 g/mol. The standard InChI is InChI=1S/C15H16FN3O3/c16-9-7-13-12(17-8-9)5-6-14(20)19(13)11-3-1-10(2-4-11)18-15(21)22/h5-8,10-11,18H,1-4H2,(H,21,22)/t10-,11-. The Balaban J connectivity index is 1.91. The molecule has 3 rings (SSSR count). The lowest BCUT2D eigenvalue weighted by molar-refractivity contribution is 0.182. The minimum absolute atomic E-state index is 0.0633. The van der Waals surface area contributed by atoms with E-state index in [1.54, 1.807) is 10.6 Å². The molecule has 2 N–H and O–H groups in total. The average Bonchev–Trinajstić information content (AvgIpc) is 2.48. The largest absolute Gasteiger partial charge is 0.465 e. The first-order valence-electron chi connectivity index (χ1n) is 7.21. The minimum Gasteiger partial charge on any atom is -0.465 e. The van der Waals surface area contributed by atoms with Gasteiger partial charge in [-0.05, 0) is 31.7 Å². The lowest BCUT2D eigenvalue weighted by atomic mass is 9.90. The maximum Gasteiger partial charge on any atom is 0.404 e. The Labute approximate surface area is 125 Å². The van der Waals surface area contributed by atoms with Crippen molar-refractivity contribution in [2.24, 2.45) is 0 Å². The number of halogens is 1. The van der Waals surface area contributed by atoms with Crippen LogP contribution < -0.4 is 10.9 Å². The second-order valence-corrected chi connectivity index (χ2v) is 5.55. The molecule has 0 aromatic carbocycles. The first-order chi connectivity index (χ1) is 10.5. The first-order valence-corrected chi connectivity index (χ1v) is 7.21. The molecule has 1 fully saturated rings. The van der Waals surface area contributed by atoms with E-state index in [1.807, 2.05) is 0 Å². The first kappa shape index (κ1) is 14.5. The van der Waals surface area contributed by atoms with Crippen molar-refractivity contribution in [2.75, 3.05) is 0 Å². The third kappa shape index (κ3) is 2.79. The summed E-state index contributed by atoms with van der Waals surface area (Å²) in [7, 11) is 0. The molecule has 7 heteroatoms. The topological polar surface area (TPSA) is 84.2 Å². The van der Waals surface area contributed by atoms with Crippen LogP contribution in [0.25, 0.3) is 11.0 Å². The molecule has 2 aromatic rings. The molecule has 0 aliphatic heterocycles. The summed E-state index contributed by atoms with van der Waals surface area (Å²) >= 11 is 0. The van der Waals surface area contributed by atoms with Crippen LogP contribution in [-0.4, -0.2) is 26.8 Å². The molecule has 0 atom stereocenters. The van der Waals surface area contributed by atoms with Gasteiger partial charge in [0.25, 0.3) is 5.56 Å². The summed E-state index contributed by atoms with van der Waals surface area (Å²) in [6.45, 7) is 0. The molecule has 1 amide bonds. The zero-order chi connectivity index (χ0) is 15.7. The second-order valence-electron chi connectivity index (χ2n) is 5.55. The molecule has 6 nitrogen and oxygen atoms in total. The molecular formula is C15H16FN3O3. The predicted molar refractivity (Wildman–Crippen MR) is 78.4 cm³/mol. The van der Waals surface area contributed by atoms with E-state index in [9.17, 15) is 14.0 Å². The van der Waals surface area contributed by atoms with Gasteiger partial charge in [-0.1, -0.05) is 0 Å². The van der Waals surface area contributed by atoms with Crippen molar-refractivity contribution < 1.29 is 14.3 Å². The van der Waals surface area contributed by atoms with Gasteiger partial charge < -0.3 is 15.0 Å². The Bertz CT molecular complexity index is 766. The second kappa shape index (κ2) is 5.75. The maximum atomic E-state index is 13.5. The van der Waals surface area contributed by atoms with Crippen molar-refractivity contribution in [2.45, 2.75) is 37.8 Å². The van der Waals surface area contributed by atoms with Crippen molar-refractivity contribution >= 4 is 17.1 Å². The summed E-state index contributed by atoms with van der Waals surface area (Å²) in [5.41, 5.74) is 0.878. The van der Waals surface area contributed by atoms with E-state index >= 15 is 0 Å². The van der Waals surface area contributed by atoms with E-state index in [0.29, 0.717) is 36.7 Å². The Morgan fingerprint density at radius 3 is 2.73 bits per heavy atom. The molecule has 22 heavy (non-hydrogen) atoms. The average molecular weight is 305 g/mol. The van der Waals surface area contributed by atoms with Crippen molar-refractivity contribution in [1.82, 2.24) is 14.9 Å². The lowest BCUT2D eigenvalue weighted by Gasteiger charge is -2.30. The van der Waals surface area contributed by atoms with Gasteiger partial charge in [0.15, 0.2) is 0 Å². The number of amides is 1. The van der Waals surface area contributed by atoms with Gasteiger partial charge in [0.05, 0.1) is 17.2 Å². The highest BCUT2D eigenvalue weighted by Gasteiger charge is 2.25. The fraction of sp³-hybridized carbons (Fsp3) is 0.400. The molecule has 2 aromatic heterocycles. The van der Waals surface area contributed by atoms with E-state index < -0.39 is 11.9 Å². The van der Waals surface area contributed by atoms with Gasteiger partial charge in [-0.15, -0.1) is 0 Å². The third-order valence-electron chi connectivity index (χ3n) is 4.13. The van der Waals surface area contributed by atoms with Crippen LogP contribution in [0, 0.1) is 5.82 Å². The monoisotopic (exact) mass is 305 g/mol. The number of aromatic nitrogens is 2. The zero-order valence-electron chi connectivity index (χ0n) is 11.8. The number of hydrogen-bond donors (Lipinski definition) is 2. The molecule has 0 bridgehead atoms. The molecule has 0 unspecified atom stereocenters. The summed E-state index contributed by atoms with van der Waals surface area (Å²) in [5.74, 6) is -0.479. The number of carboxylic acid groups (broad SMARTS) is 1. The number of nitrogens with zero attached hydrogens (tertiary/aromatic N) is 2. The van der Waals surface area contributed by atoms with Crippen LogP contribution in [0.15, 0.2) is 29.2 Å². The van der Waals surface area contributed by atoms with Crippen LogP contribution in [0.3, 0.4) is 0 Å². The van der Waals surface area contributed by atoms with E-state index in [1.165, 1.54) is 12.1 Å². The van der Waals surface area contributed by atoms with Crippen LogP contribution in [0.2, 0.25) is 0 Å². The molecule has 1 aliphatic carbocycles. The van der Waals surface area contributed by atoms with Crippen LogP contribution in [0.4, 0.5) is 9.18 Å². The van der Waals surface area contributed by atoms with Crippen LogP contribution in [0.1, 0.15) is 31.7 Å². The fourth-order valence-electron chi connectivity index (χ4n) is 3.14. The van der Waals surface area contributed by atoms with Crippen molar-refractivity contribution in [1.29, 1.82) is 0 Å². The molecule has 1 aliphatic rings. The number of nitrogens with one attached hydrogen (secondary N) is 1. The number of hydrogen-bond acceptors (Lipinski definition) is 3. The van der Waals surface area contributed by atoms with Gasteiger partial charge in [-0.3, -0.25) is 9.78 Å². The van der Waals surface area contributed by atoms with Crippen molar-refractivity contribution in [3.63, 3.8) is 0 Å². The van der Waals surface area contributed by atoms with Crippen LogP contribution in [0.5, 0.6) is 0 Å². The molecule has 2 heterocycles.